The summed E-state index contributed by atoms with van der Waals surface area (Å²) >= 11 is 7.40. The molecule has 5 heteroatoms. The van der Waals surface area contributed by atoms with Crippen LogP contribution in [0.3, 0.4) is 0 Å². The zero-order valence-electron chi connectivity index (χ0n) is 9.25. The number of nitrogens with zero attached hydrogens (tertiary/aromatic N) is 3. The van der Waals surface area contributed by atoms with Gasteiger partial charge in [-0.3, -0.25) is 0 Å². The van der Waals surface area contributed by atoms with Gasteiger partial charge in [0.05, 0.1) is 27.1 Å². The number of hydrogen-bond acceptors (Lipinski definition) is 4. The molecule has 0 unspecified atom stereocenters. The molecule has 88 valence electrons. The largest absolute Gasteiger partial charge is 0.245 e. The summed E-state index contributed by atoms with van der Waals surface area (Å²) in [5, 5.41) is 9.05. The lowest BCUT2D eigenvalue weighted by Gasteiger charge is -1.94. The SMILES string of the molecule is Clc1ccc(N=Nc2ccc3ncsc3c2)cc1. The maximum atomic E-state index is 5.80. The van der Waals surface area contributed by atoms with E-state index >= 15 is 0 Å². The second-order valence-corrected chi connectivity index (χ2v) is 5.00. The Bertz CT molecular complexity index is 704. The van der Waals surface area contributed by atoms with Crippen LogP contribution in [-0.2, 0) is 0 Å². The predicted octanol–water partition coefficient (Wildman–Crippen LogP) is 5.37. The number of azo groups is 1. The van der Waals surface area contributed by atoms with Crippen molar-refractivity contribution in [3.8, 4) is 0 Å². The number of fused-ring (bicyclic) bond motifs is 1. The van der Waals surface area contributed by atoms with Crippen molar-refractivity contribution in [2.24, 2.45) is 10.2 Å². The Morgan fingerprint density at radius 2 is 1.67 bits per heavy atom. The molecule has 0 aliphatic rings. The molecular formula is C13H8ClN3S. The monoisotopic (exact) mass is 273 g/mol. The summed E-state index contributed by atoms with van der Waals surface area (Å²) in [5.74, 6) is 0. The molecule has 3 aromatic rings. The fraction of sp³-hybridized carbons (Fsp3) is 0. The highest BCUT2D eigenvalue weighted by molar-refractivity contribution is 7.16. The van der Waals surface area contributed by atoms with Gasteiger partial charge in [-0.15, -0.1) is 11.3 Å². The Balaban J connectivity index is 1.88. The molecule has 3 rings (SSSR count). The Labute approximate surface area is 113 Å². The van der Waals surface area contributed by atoms with Gasteiger partial charge in [-0.25, -0.2) is 4.98 Å². The molecular weight excluding hydrogens is 266 g/mol. The molecule has 0 saturated heterocycles. The molecule has 0 aliphatic heterocycles. The highest BCUT2D eigenvalue weighted by atomic mass is 35.5. The van der Waals surface area contributed by atoms with Crippen LogP contribution < -0.4 is 0 Å². The molecule has 2 aromatic carbocycles. The lowest BCUT2D eigenvalue weighted by atomic mass is 10.3. The first-order valence-electron chi connectivity index (χ1n) is 5.32. The zero-order chi connectivity index (χ0) is 12.4. The fourth-order valence-corrected chi connectivity index (χ4v) is 2.37. The van der Waals surface area contributed by atoms with Crippen LogP contribution >= 0.6 is 22.9 Å². The van der Waals surface area contributed by atoms with Crippen LogP contribution in [0.2, 0.25) is 5.02 Å². The summed E-state index contributed by atoms with van der Waals surface area (Å²) in [6.45, 7) is 0. The molecule has 0 spiro atoms. The van der Waals surface area contributed by atoms with Gasteiger partial charge in [0.25, 0.3) is 0 Å². The number of rotatable bonds is 2. The third-order valence-corrected chi connectivity index (χ3v) is 3.47. The van der Waals surface area contributed by atoms with Crippen LogP contribution in [0.1, 0.15) is 0 Å². The van der Waals surface area contributed by atoms with Crippen LogP contribution in [0.5, 0.6) is 0 Å². The first kappa shape index (κ1) is 11.3. The van der Waals surface area contributed by atoms with E-state index in [1.54, 1.807) is 23.5 Å². The van der Waals surface area contributed by atoms with Crippen molar-refractivity contribution < 1.29 is 0 Å². The highest BCUT2D eigenvalue weighted by Crippen LogP contribution is 2.25. The number of halogens is 1. The molecule has 0 radical (unpaired) electrons. The first-order valence-corrected chi connectivity index (χ1v) is 6.57. The number of thiazole rings is 1. The van der Waals surface area contributed by atoms with Crippen LogP contribution in [-0.4, -0.2) is 4.98 Å². The van der Waals surface area contributed by atoms with Crippen molar-refractivity contribution in [1.82, 2.24) is 4.98 Å². The lowest BCUT2D eigenvalue weighted by molar-refractivity contribution is 1.23. The van der Waals surface area contributed by atoms with Crippen molar-refractivity contribution in [1.29, 1.82) is 0 Å². The summed E-state index contributed by atoms with van der Waals surface area (Å²) in [6, 6.07) is 13.1. The van der Waals surface area contributed by atoms with E-state index in [-0.39, 0.29) is 0 Å². The zero-order valence-corrected chi connectivity index (χ0v) is 10.8. The standard InChI is InChI=1S/C13H8ClN3S/c14-9-1-3-10(4-2-9)16-17-11-5-6-12-13(7-11)18-8-15-12/h1-8H. The van der Waals surface area contributed by atoms with Gasteiger partial charge in [0.1, 0.15) is 0 Å². The molecule has 0 N–H and O–H groups in total. The van der Waals surface area contributed by atoms with Crippen molar-refractivity contribution in [2.45, 2.75) is 0 Å². The topological polar surface area (TPSA) is 37.6 Å². The van der Waals surface area contributed by atoms with Gasteiger partial charge in [0.2, 0.25) is 0 Å². The van der Waals surface area contributed by atoms with Gasteiger partial charge in [-0.2, -0.15) is 10.2 Å². The third kappa shape index (κ3) is 2.39. The van der Waals surface area contributed by atoms with Crippen molar-refractivity contribution in [3.63, 3.8) is 0 Å². The minimum atomic E-state index is 0.694. The highest BCUT2D eigenvalue weighted by Gasteiger charge is 1.97. The van der Waals surface area contributed by atoms with E-state index in [1.807, 2.05) is 35.8 Å². The molecule has 18 heavy (non-hydrogen) atoms. The van der Waals surface area contributed by atoms with Crippen LogP contribution in [0.25, 0.3) is 10.2 Å². The second kappa shape index (κ2) is 4.84. The van der Waals surface area contributed by atoms with Gasteiger partial charge in [0, 0.05) is 5.02 Å². The summed E-state index contributed by atoms with van der Waals surface area (Å²) in [4.78, 5) is 4.22. The molecule has 1 heterocycles. The molecule has 0 atom stereocenters. The summed E-state index contributed by atoms with van der Waals surface area (Å²) in [6.07, 6.45) is 0. The first-order chi connectivity index (χ1) is 8.81. The van der Waals surface area contributed by atoms with Gasteiger partial charge in [-0.1, -0.05) is 11.6 Å². The van der Waals surface area contributed by atoms with Crippen LogP contribution in [0.15, 0.2) is 58.2 Å². The van der Waals surface area contributed by atoms with Crippen molar-refractivity contribution in [3.05, 3.63) is 53.0 Å². The Morgan fingerprint density at radius 3 is 2.50 bits per heavy atom. The smallest absolute Gasteiger partial charge is 0.0872 e. The minimum absolute atomic E-state index is 0.694. The van der Waals surface area contributed by atoms with E-state index in [4.69, 9.17) is 11.6 Å². The van der Waals surface area contributed by atoms with E-state index < -0.39 is 0 Å². The fourth-order valence-electron chi connectivity index (χ4n) is 1.53. The number of aromatic nitrogens is 1. The Morgan fingerprint density at radius 1 is 0.944 bits per heavy atom. The van der Waals surface area contributed by atoms with E-state index in [1.165, 1.54) is 0 Å². The van der Waals surface area contributed by atoms with E-state index in [0.717, 1.165) is 21.6 Å². The molecule has 0 aliphatic carbocycles. The Kier molecular flexibility index (Phi) is 3.04. The van der Waals surface area contributed by atoms with Crippen LogP contribution in [0.4, 0.5) is 11.4 Å². The van der Waals surface area contributed by atoms with Gasteiger partial charge < -0.3 is 0 Å². The molecule has 1 aromatic heterocycles. The number of benzene rings is 2. The third-order valence-electron chi connectivity index (χ3n) is 2.42. The van der Waals surface area contributed by atoms with Gasteiger partial charge in [-0.05, 0) is 42.5 Å². The van der Waals surface area contributed by atoms with Gasteiger partial charge >= 0.3 is 0 Å². The quantitative estimate of drug-likeness (QED) is 0.579. The maximum Gasteiger partial charge on any atom is 0.0872 e. The normalized spacial score (nSPS) is 11.4. The molecule has 3 nitrogen and oxygen atoms in total. The molecule has 0 bridgehead atoms. The number of hydrogen-bond donors (Lipinski definition) is 0. The van der Waals surface area contributed by atoms with Gasteiger partial charge in [0.15, 0.2) is 0 Å². The molecule has 0 fully saturated rings. The van der Waals surface area contributed by atoms with Crippen molar-refractivity contribution in [2.75, 3.05) is 0 Å². The van der Waals surface area contributed by atoms with E-state index in [0.29, 0.717) is 5.02 Å². The molecule has 0 saturated carbocycles. The van der Waals surface area contributed by atoms with Crippen molar-refractivity contribution >= 4 is 44.5 Å². The second-order valence-electron chi connectivity index (χ2n) is 3.68. The lowest BCUT2D eigenvalue weighted by Crippen LogP contribution is -1.67. The van der Waals surface area contributed by atoms with Crippen LogP contribution in [0, 0.1) is 0 Å². The average Bonchev–Trinajstić information content (AvgIpc) is 2.85. The predicted molar refractivity (Wildman–Crippen MR) is 75.2 cm³/mol. The Hall–Kier alpha value is -1.78. The maximum absolute atomic E-state index is 5.80. The molecule has 0 amide bonds. The summed E-state index contributed by atoms with van der Waals surface area (Å²) in [7, 11) is 0. The summed E-state index contributed by atoms with van der Waals surface area (Å²) < 4.78 is 1.11. The van der Waals surface area contributed by atoms with E-state index in [2.05, 4.69) is 15.2 Å². The van der Waals surface area contributed by atoms with E-state index in [9.17, 15) is 0 Å². The summed E-state index contributed by atoms with van der Waals surface area (Å²) in [5.41, 5.74) is 4.42. The average molecular weight is 274 g/mol. The minimum Gasteiger partial charge on any atom is -0.245 e.